The molecule has 0 saturated carbocycles. The van der Waals surface area contributed by atoms with Gasteiger partial charge in [-0.25, -0.2) is 0 Å². The molecule has 0 spiro atoms. The molecule has 2 fully saturated rings. The van der Waals surface area contributed by atoms with Crippen LogP contribution in [0, 0.1) is 5.41 Å². The topological polar surface area (TPSA) is 50.7 Å². The Balaban J connectivity index is 2.07. The third-order valence-corrected chi connectivity index (χ3v) is 4.87. The minimum Gasteiger partial charge on any atom is -0.384 e. The molecule has 2 saturated heterocycles. The molecule has 2 N–H and O–H groups in total. The maximum Gasteiger partial charge on any atom is 0.121 e. The van der Waals surface area contributed by atoms with Crippen LogP contribution in [0.3, 0.4) is 0 Å². The van der Waals surface area contributed by atoms with Crippen molar-refractivity contribution in [3.8, 4) is 0 Å². The number of aliphatic hydroxyl groups is 1. The fraction of sp³-hybridized carbons (Fsp3) is 1.00. The molecule has 20 heavy (non-hydrogen) atoms. The van der Waals surface area contributed by atoms with Gasteiger partial charge >= 0.3 is 0 Å². The summed E-state index contributed by atoms with van der Waals surface area (Å²) in [6.07, 6.45) is 1.99. The molecule has 1 unspecified atom stereocenters. The van der Waals surface area contributed by atoms with Crippen LogP contribution in [0.2, 0.25) is 0 Å². The van der Waals surface area contributed by atoms with E-state index in [0.29, 0.717) is 13.2 Å². The third-order valence-electron chi connectivity index (χ3n) is 4.87. The minimum absolute atomic E-state index is 0.0460. The van der Waals surface area contributed by atoms with Gasteiger partial charge in [0.25, 0.3) is 0 Å². The Kier molecular flexibility index (Phi) is 4.25. The lowest BCUT2D eigenvalue weighted by Crippen LogP contribution is -2.55. The van der Waals surface area contributed by atoms with E-state index in [1.54, 1.807) is 0 Å². The lowest BCUT2D eigenvalue weighted by molar-refractivity contribution is -0.129. The monoisotopic (exact) mass is 285 g/mol. The summed E-state index contributed by atoms with van der Waals surface area (Å²) in [5.74, 6) is 0. The quantitative estimate of drug-likeness (QED) is 0.830. The molecule has 0 aromatic rings. The first kappa shape index (κ1) is 16.2. The Hall–Kier alpha value is -0.160. The van der Waals surface area contributed by atoms with Crippen molar-refractivity contribution in [1.82, 2.24) is 5.32 Å². The summed E-state index contributed by atoms with van der Waals surface area (Å²) in [4.78, 5) is 0. The average Bonchev–Trinajstić information content (AvgIpc) is 2.81. The molecule has 2 aliphatic heterocycles. The second kappa shape index (κ2) is 5.24. The number of rotatable bonds is 4. The molecule has 4 nitrogen and oxygen atoms in total. The fourth-order valence-electron chi connectivity index (χ4n) is 3.49. The minimum atomic E-state index is -0.900. The van der Waals surface area contributed by atoms with E-state index in [-0.39, 0.29) is 29.2 Å². The highest BCUT2D eigenvalue weighted by molar-refractivity contribution is 5.11. The van der Waals surface area contributed by atoms with E-state index in [0.717, 1.165) is 12.8 Å². The Labute approximate surface area is 123 Å². The Morgan fingerprint density at radius 2 is 1.85 bits per heavy atom. The molecular formula is C16H31NO3. The van der Waals surface area contributed by atoms with Crippen molar-refractivity contribution in [2.75, 3.05) is 13.2 Å². The van der Waals surface area contributed by atoms with E-state index in [2.05, 4.69) is 26.1 Å². The largest absolute Gasteiger partial charge is 0.384 e. The van der Waals surface area contributed by atoms with Crippen molar-refractivity contribution in [2.24, 2.45) is 5.41 Å². The van der Waals surface area contributed by atoms with Gasteiger partial charge in [0.15, 0.2) is 0 Å². The van der Waals surface area contributed by atoms with Gasteiger partial charge in [-0.3, -0.25) is 0 Å². The van der Waals surface area contributed by atoms with E-state index in [4.69, 9.17) is 9.47 Å². The Bertz CT molecular complexity index is 350. The molecule has 0 aromatic carbocycles. The van der Waals surface area contributed by atoms with Crippen LogP contribution >= 0.6 is 0 Å². The first-order chi connectivity index (χ1) is 9.11. The highest BCUT2D eigenvalue weighted by Gasteiger charge is 2.60. The maximum atomic E-state index is 10.9. The zero-order chi connectivity index (χ0) is 15.2. The van der Waals surface area contributed by atoms with Gasteiger partial charge in [-0.15, -0.1) is 0 Å². The molecule has 4 atom stereocenters. The van der Waals surface area contributed by atoms with Gasteiger partial charge in [0.2, 0.25) is 0 Å². The van der Waals surface area contributed by atoms with Gasteiger partial charge in [-0.2, -0.15) is 0 Å². The van der Waals surface area contributed by atoms with Crippen molar-refractivity contribution in [3.05, 3.63) is 0 Å². The van der Waals surface area contributed by atoms with Crippen LogP contribution in [0.5, 0.6) is 0 Å². The smallest absolute Gasteiger partial charge is 0.121 e. The number of ether oxygens (including phenoxy) is 2. The van der Waals surface area contributed by atoms with Crippen molar-refractivity contribution in [3.63, 3.8) is 0 Å². The van der Waals surface area contributed by atoms with Gasteiger partial charge in [0.1, 0.15) is 17.8 Å². The van der Waals surface area contributed by atoms with Crippen molar-refractivity contribution in [2.45, 2.75) is 83.8 Å². The van der Waals surface area contributed by atoms with Crippen molar-refractivity contribution >= 4 is 0 Å². The predicted octanol–water partition coefficient (Wildman–Crippen LogP) is 2.10. The van der Waals surface area contributed by atoms with Gasteiger partial charge < -0.3 is 19.9 Å². The molecule has 2 heterocycles. The molecule has 0 amide bonds. The summed E-state index contributed by atoms with van der Waals surface area (Å²) >= 11 is 0. The van der Waals surface area contributed by atoms with E-state index < -0.39 is 5.60 Å². The van der Waals surface area contributed by atoms with Gasteiger partial charge in [0.05, 0.1) is 19.3 Å². The van der Waals surface area contributed by atoms with Crippen LogP contribution in [-0.2, 0) is 9.47 Å². The van der Waals surface area contributed by atoms with E-state index >= 15 is 0 Å². The normalized spacial score (nSPS) is 38.2. The molecule has 0 radical (unpaired) electrons. The third kappa shape index (κ3) is 2.76. The van der Waals surface area contributed by atoms with Gasteiger partial charge in [-0.05, 0) is 25.7 Å². The molecule has 2 aliphatic rings. The van der Waals surface area contributed by atoms with Crippen LogP contribution in [-0.4, -0.2) is 47.7 Å². The summed E-state index contributed by atoms with van der Waals surface area (Å²) < 4.78 is 11.8. The first-order valence-corrected chi connectivity index (χ1v) is 7.84. The van der Waals surface area contributed by atoms with Crippen LogP contribution < -0.4 is 5.32 Å². The molecular weight excluding hydrogens is 254 g/mol. The van der Waals surface area contributed by atoms with E-state index in [1.165, 1.54) is 0 Å². The summed E-state index contributed by atoms with van der Waals surface area (Å²) in [7, 11) is 0. The zero-order valence-electron chi connectivity index (χ0n) is 13.8. The SMILES string of the molecule is CCCC(C)(C)N[C@@H]1CO[C@H]2[C@@H]1OCC2(O)C(C)(C)C. The number of fused-ring (bicyclic) bond motifs is 1. The second-order valence-electron chi connectivity index (χ2n) is 8.09. The average molecular weight is 285 g/mol. The van der Waals surface area contributed by atoms with Gasteiger partial charge in [-0.1, -0.05) is 34.1 Å². The molecule has 2 rings (SSSR count). The standard InChI is InChI=1S/C16H31NO3/c1-7-8-15(5,6)17-11-9-19-13-12(11)20-10-16(13,18)14(2,3)4/h11-13,17-18H,7-10H2,1-6H3/t11-,12-,13+,16?/m1/s1. The second-order valence-corrected chi connectivity index (χ2v) is 8.09. The number of nitrogens with one attached hydrogen (secondary N) is 1. The lowest BCUT2D eigenvalue weighted by Gasteiger charge is -2.39. The van der Waals surface area contributed by atoms with Crippen LogP contribution in [0.15, 0.2) is 0 Å². The van der Waals surface area contributed by atoms with Crippen molar-refractivity contribution in [1.29, 1.82) is 0 Å². The molecule has 0 bridgehead atoms. The van der Waals surface area contributed by atoms with Crippen molar-refractivity contribution < 1.29 is 14.6 Å². The predicted molar refractivity (Wildman–Crippen MR) is 79.8 cm³/mol. The van der Waals surface area contributed by atoms with E-state index in [1.807, 2.05) is 20.8 Å². The molecule has 0 aromatic heterocycles. The molecule has 0 aliphatic carbocycles. The summed E-state index contributed by atoms with van der Waals surface area (Å²) in [5, 5.41) is 14.6. The fourth-order valence-corrected chi connectivity index (χ4v) is 3.49. The Morgan fingerprint density at radius 1 is 1.20 bits per heavy atom. The van der Waals surface area contributed by atoms with Crippen LogP contribution in [0.1, 0.15) is 54.4 Å². The lowest BCUT2D eigenvalue weighted by atomic mass is 9.73. The van der Waals surface area contributed by atoms with Crippen LogP contribution in [0.4, 0.5) is 0 Å². The number of hydrogen-bond donors (Lipinski definition) is 2. The number of hydrogen-bond acceptors (Lipinski definition) is 4. The molecule has 4 heteroatoms. The van der Waals surface area contributed by atoms with Gasteiger partial charge in [0, 0.05) is 5.54 Å². The summed E-state index contributed by atoms with van der Waals surface area (Å²) in [6, 6.07) is 0.165. The Morgan fingerprint density at radius 3 is 2.40 bits per heavy atom. The summed E-state index contributed by atoms with van der Waals surface area (Å²) in [5.41, 5.74) is -1.08. The van der Waals surface area contributed by atoms with E-state index in [9.17, 15) is 5.11 Å². The maximum absolute atomic E-state index is 10.9. The highest BCUT2D eigenvalue weighted by atomic mass is 16.6. The molecule has 118 valence electrons. The van der Waals surface area contributed by atoms with Crippen LogP contribution in [0.25, 0.3) is 0 Å². The first-order valence-electron chi connectivity index (χ1n) is 7.84. The highest BCUT2D eigenvalue weighted by Crippen LogP contribution is 2.44. The summed E-state index contributed by atoms with van der Waals surface area (Å²) in [6.45, 7) is 13.7. The zero-order valence-corrected chi connectivity index (χ0v) is 13.8.